The van der Waals surface area contributed by atoms with Gasteiger partial charge in [-0.3, -0.25) is 4.79 Å². The molecule has 0 radical (unpaired) electrons. The van der Waals surface area contributed by atoms with Crippen LogP contribution in [-0.2, 0) is 0 Å². The molecule has 1 nitrogen and oxygen atoms in total. The zero-order valence-electron chi connectivity index (χ0n) is 10.8. The summed E-state index contributed by atoms with van der Waals surface area (Å²) in [6, 6.07) is 14.0. The highest BCUT2D eigenvalue weighted by Gasteiger charge is 2.23. The maximum Gasteiger partial charge on any atom is 0.189 e. The Balaban J connectivity index is 2.00. The topological polar surface area (TPSA) is 17.1 Å². The molecule has 19 heavy (non-hydrogen) atoms. The summed E-state index contributed by atoms with van der Waals surface area (Å²) in [6.45, 7) is 3.83. The zero-order chi connectivity index (χ0) is 13.2. The van der Waals surface area contributed by atoms with Crippen molar-refractivity contribution in [3.05, 3.63) is 72.3 Å². The van der Waals surface area contributed by atoms with Crippen molar-refractivity contribution in [2.24, 2.45) is 5.92 Å². The molecule has 3 rings (SSSR count). The fourth-order valence-corrected chi connectivity index (χ4v) is 2.73. The fourth-order valence-electron chi connectivity index (χ4n) is 2.73. The third-order valence-corrected chi connectivity index (χ3v) is 3.80. The molecule has 0 aliphatic heterocycles. The molecule has 0 saturated heterocycles. The van der Waals surface area contributed by atoms with Crippen LogP contribution in [0.1, 0.15) is 23.2 Å². The lowest BCUT2D eigenvalue weighted by molar-refractivity contribution is 0.102. The molecule has 1 aliphatic rings. The smallest absolute Gasteiger partial charge is 0.189 e. The van der Waals surface area contributed by atoms with Crippen LogP contribution in [0.15, 0.2) is 66.8 Å². The summed E-state index contributed by atoms with van der Waals surface area (Å²) >= 11 is 0. The van der Waals surface area contributed by atoms with Crippen LogP contribution in [0.25, 0.3) is 10.8 Å². The second kappa shape index (κ2) is 4.85. The highest BCUT2D eigenvalue weighted by molar-refractivity contribution is 6.11. The number of hydrogen-bond donors (Lipinski definition) is 0. The van der Waals surface area contributed by atoms with Gasteiger partial charge in [-0.05, 0) is 29.7 Å². The van der Waals surface area contributed by atoms with Crippen LogP contribution in [0.3, 0.4) is 0 Å². The van der Waals surface area contributed by atoms with Crippen LogP contribution in [0.2, 0.25) is 0 Å². The molecule has 1 atom stereocenters. The number of carbonyl (C=O) groups is 1. The molecule has 0 bridgehead atoms. The first-order valence-corrected chi connectivity index (χ1v) is 6.65. The standard InChI is InChI=1S/C18H16O/c1-2-13-8-5-9-17(13)18(19)16-11-10-14-6-3-4-7-15(14)12-16/h2-4,6-7,9-13H,1,5,8H2. The summed E-state index contributed by atoms with van der Waals surface area (Å²) in [4.78, 5) is 12.5. The third kappa shape index (κ3) is 2.12. The normalized spacial score (nSPS) is 18.3. The quantitative estimate of drug-likeness (QED) is 0.575. The number of benzene rings is 2. The summed E-state index contributed by atoms with van der Waals surface area (Å²) in [5, 5.41) is 2.28. The molecule has 0 fully saturated rings. The van der Waals surface area contributed by atoms with E-state index in [2.05, 4.69) is 18.7 Å². The monoisotopic (exact) mass is 248 g/mol. The van der Waals surface area contributed by atoms with Crippen molar-refractivity contribution in [2.45, 2.75) is 12.8 Å². The average Bonchev–Trinajstić information content (AvgIpc) is 2.94. The Morgan fingerprint density at radius 2 is 1.95 bits per heavy atom. The number of hydrogen-bond acceptors (Lipinski definition) is 1. The first-order chi connectivity index (χ1) is 9.29. The van der Waals surface area contributed by atoms with Gasteiger partial charge in [0.1, 0.15) is 0 Å². The Hall–Kier alpha value is -2.15. The molecule has 0 aromatic heterocycles. The first-order valence-electron chi connectivity index (χ1n) is 6.65. The van der Waals surface area contributed by atoms with Gasteiger partial charge >= 0.3 is 0 Å². The van der Waals surface area contributed by atoms with E-state index in [9.17, 15) is 4.79 Å². The van der Waals surface area contributed by atoms with Gasteiger partial charge in [0.25, 0.3) is 0 Å². The highest BCUT2D eigenvalue weighted by atomic mass is 16.1. The van der Waals surface area contributed by atoms with E-state index in [-0.39, 0.29) is 11.7 Å². The lowest BCUT2D eigenvalue weighted by Crippen LogP contribution is -2.08. The molecule has 0 heterocycles. The van der Waals surface area contributed by atoms with Crippen LogP contribution in [0, 0.1) is 5.92 Å². The molecular formula is C18H16O. The summed E-state index contributed by atoms with van der Waals surface area (Å²) in [6.07, 6.45) is 5.94. The van der Waals surface area contributed by atoms with E-state index in [1.54, 1.807) is 0 Å². The third-order valence-electron chi connectivity index (χ3n) is 3.80. The van der Waals surface area contributed by atoms with E-state index >= 15 is 0 Å². The molecule has 94 valence electrons. The lowest BCUT2D eigenvalue weighted by Gasteiger charge is -2.09. The number of ketones is 1. The van der Waals surface area contributed by atoms with Gasteiger partial charge in [-0.15, -0.1) is 6.58 Å². The van der Waals surface area contributed by atoms with E-state index in [0.29, 0.717) is 0 Å². The van der Waals surface area contributed by atoms with E-state index < -0.39 is 0 Å². The molecule has 1 heteroatoms. The molecule has 0 N–H and O–H groups in total. The van der Waals surface area contributed by atoms with Gasteiger partial charge in [0.2, 0.25) is 0 Å². The van der Waals surface area contributed by atoms with E-state index in [1.165, 1.54) is 5.39 Å². The molecule has 2 aromatic carbocycles. The van der Waals surface area contributed by atoms with Crippen LogP contribution < -0.4 is 0 Å². The van der Waals surface area contributed by atoms with Crippen molar-refractivity contribution >= 4 is 16.6 Å². The second-order valence-electron chi connectivity index (χ2n) is 4.97. The molecule has 1 unspecified atom stereocenters. The predicted octanol–water partition coefficient (Wildman–Crippen LogP) is 4.54. The Labute approximate surface area is 113 Å². The zero-order valence-corrected chi connectivity index (χ0v) is 10.8. The van der Waals surface area contributed by atoms with E-state index in [4.69, 9.17) is 0 Å². The molecule has 1 aliphatic carbocycles. The van der Waals surface area contributed by atoms with Crippen molar-refractivity contribution in [3.63, 3.8) is 0 Å². The molecule has 2 aromatic rings. The highest BCUT2D eigenvalue weighted by Crippen LogP contribution is 2.30. The first kappa shape index (κ1) is 11.9. The van der Waals surface area contributed by atoms with Gasteiger partial charge in [-0.1, -0.05) is 48.6 Å². The average molecular weight is 248 g/mol. The summed E-state index contributed by atoms with van der Waals surface area (Å²) in [5.41, 5.74) is 1.68. The largest absolute Gasteiger partial charge is 0.289 e. The Morgan fingerprint density at radius 3 is 2.74 bits per heavy atom. The molecular weight excluding hydrogens is 232 g/mol. The summed E-state index contributed by atoms with van der Waals surface area (Å²) < 4.78 is 0. The Morgan fingerprint density at radius 1 is 1.16 bits per heavy atom. The number of fused-ring (bicyclic) bond motifs is 1. The van der Waals surface area contributed by atoms with Gasteiger partial charge in [0.15, 0.2) is 5.78 Å². The minimum Gasteiger partial charge on any atom is -0.289 e. The van der Waals surface area contributed by atoms with Crippen LogP contribution in [0.5, 0.6) is 0 Å². The van der Waals surface area contributed by atoms with Crippen molar-refractivity contribution in [2.75, 3.05) is 0 Å². The van der Waals surface area contributed by atoms with E-state index in [0.717, 1.165) is 29.4 Å². The van der Waals surface area contributed by atoms with Crippen molar-refractivity contribution < 1.29 is 4.79 Å². The van der Waals surface area contributed by atoms with Crippen molar-refractivity contribution in [1.82, 2.24) is 0 Å². The molecule has 0 amide bonds. The lowest BCUT2D eigenvalue weighted by atomic mass is 9.93. The van der Waals surface area contributed by atoms with Crippen LogP contribution >= 0.6 is 0 Å². The summed E-state index contributed by atoms with van der Waals surface area (Å²) in [5.74, 6) is 0.368. The Bertz CT molecular complexity index is 679. The summed E-state index contributed by atoms with van der Waals surface area (Å²) in [7, 11) is 0. The number of rotatable bonds is 3. The minimum atomic E-state index is 0.146. The van der Waals surface area contributed by atoms with Gasteiger partial charge in [-0.2, -0.15) is 0 Å². The molecule has 0 saturated carbocycles. The van der Waals surface area contributed by atoms with Gasteiger partial charge in [0.05, 0.1) is 0 Å². The maximum atomic E-state index is 12.5. The van der Waals surface area contributed by atoms with Gasteiger partial charge in [0, 0.05) is 17.1 Å². The fraction of sp³-hybridized carbons (Fsp3) is 0.167. The van der Waals surface area contributed by atoms with Crippen molar-refractivity contribution in [1.29, 1.82) is 0 Å². The number of allylic oxidation sites excluding steroid dienone is 3. The number of Topliss-reactive ketones (excluding diaryl/α,β-unsaturated/α-hetero) is 1. The Kier molecular flexibility index (Phi) is 3.04. The van der Waals surface area contributed by atoms with Gasteiger partial charge < -0.3 is 0 Å². The minimum absolute atomic E-state index is 0.146. The number of carbonyl (C=O) groups excluding carboxylic acids is 1. The van der Waals surface area contributed by atoms with Crippen LogP contribution in [-0.4, -0.2) is 5.78 Å². The maximum absolute atomic E-state index is 12.5. The van der Waals surface area contributed by atoms with Gasteiger partial charge in [-0.25, -0.2) is 0 Å². The van der Waals surface area contributed by atoms with E-state index in [1.807, 2.05) is 42.5 Å². The second-order valence-corrected chi connectivity index (χ2v) is 4.97. The molecule has 0 spiro atoms. The van der Waals surface area contributed by atoms with Crippen LogP contribution in [0.4, 0.5) is 0 Å². The predicted molar refractivity (Wildman–Crippen MR) is 79.3 cm³/mol. The van der Waals surface area contributed by atoms with Crippen molar-refractivity contribution in [3.8, 4) is 0 Å². The SMILES string of the molecule is C=CC1CCC=C1C(=O)c1ccc2ccccc2c1.